The number of allylic oxidation sites excluding steroid dienone is 3. The van der Waals surface area contributed by atoms with Crippen LogP contribution in [0.15, 0.2) is 90.8 Å². The molecule has 1 aromatic heterocycles. The van der Waals surface area contributed by atoms with Crippen LogP contribution in [-0.4, -0.2) is 35.0 Å². The first-order chi connectivity index (χ1) is 18.6. The zero-order valence-corrected chi connectivity index (χ0v) is 24.1. The summed E-state index contributed by atoms with van der Waals surface area (Å²) in [6.07, 6.45) is 19.8. The Bertz CT molecular complexity index is 1120. The van der Waals surface area contributed by atoms with E-state index in [-0.39, 0.29) is 0 Å². The van der Waals surface area contributed by atoms with Crippen LogP contribution in [0.3, 0.4) is 0 Å². The van der Waals surface area contributed by atoms with Gasteiger partial charge < -0.3 is 4.90 Å². The molecule has 3 aromatic rings. The van der Waals surface area contributed by atoms with Crippen molar-refractivity contribution in [1.82, 2.24) is 14.9 Å². The zero-order chi connectivity index (χ0) is 27.0. The Balaban J connectivity index is 1.56. The van der Waals surface area contributed by atoms with E-state index in [1.54, 1.807) is 0 Å². The molecule has 0 saturated carbocycles. The molecule has 0 aliphatic heterocycles. The quantitative estimate of drug-likeness (QED) is 0.181. The summed E-state index contributed by atoms with van der Waals surface area (Å²) < 4.78 is 0. The molecule has 38 heavy (non-hydrogen) atoms. The van der Waals surface area contributed by atoms with Gasteiger partial charge in [0.05, 0.1) is 17.6 Å². The molecule has 0 aliphatic rings. The van der Waals surface area contributed by atoms with Crippen molar-refractivity contribution in [3.8, 4) is 11.3 Å². The number of rotatable bonds is 16. The Hall–Kier alpha value is -3.04. The smallest absolute Gasteiger partial charge is 0.0888 e. The van der Waals surface area contributed by atoms with Gasteiger partial charge in [-0.25, -0.2) is 4.98 Å². The Kier molecular flexibility index (Phi) is 13.0. The van der Waals surface area contributed by atoms with Gasteiger partial charge in [-0.1, -0.05) is 105 Å². The molecule has 0 saturated heterocycles. The van der Waals surface area contributed by atoms with Crippen LogP contribution in [0, 0.1) is 0 Å². The number of aromatic nitrogens is 2. The topological polar surface area (TPSA) is 29.0 Å². The zero-order valence-electron chi connectivity index (χ0n) is 24.1. The molecule has 0 fully saturated rings. The van der Waals surface area contributed by atoms with Crippen LogP contribution in [0.5, 0.6) is 0 Å². The van der Waals surface area contributed by atoms with Crippen LogP contribution in [0.1, 0.15) is 82.0 Å². The molecule has 1 atom stereocenters. The molecule has 202 valence electrons. The molecule has 0 aliphatic carbocycles. The number of hydrogen-bond acceptors (Lipinski definition) is 3. The maximum atomic E-state index is 4.96. The highest BCUT2D eigenvalue weighted by molar-refractivity contribution is 5.58. The maximum absolute atomic E-state index is 4.96. The number of aryl methyl sites for hydroxylation is 1. The predicted octanol–water partition coefficient (Wildman–Crippen LogP) is 8.83. The molecular formula is C35H47N3. The molecule has 3 heteroatoms. The summed E-state index contributed by atoms with van der Waals surface area (Å²) >= 11 is 0. The number of benzene rings is 2. The van der Waals surface area contributed by atoms with Crippen LogP contribution in [0.4, 0.5) is 0 Å². The lowest BCUT2D eigenvalue weighted by Crippen LogP contribution is -2.19. The van der Waals surface area contributed by atoms with Gasteiger partial charge in [0, 0.05) is 30.6 Å². The summed E-state index contributed by atoms with van der Waals surface area (Å²) in [5, 5.41) is 0. The molecule has 0 bridgehead atoms. The van der Waals surface area contributed by atoms with Crippen LogP contribution >= 0.6 is 0 Å². The summed E-state index contributed by atoms with van der Waals surface area (Å²) in [7, 11) is 2.20. The van der Waals surface area contributed by atoms with Crippen molar-refractivity contribution in [2.45, 2.75) is 78.1 Å². The molecule has 0 radical (unpaired) electrons. The summed E-state index contributed by atoms with van der Waals surface area (Å²) in [6, 6.07) is 19.7. The fraction of sp³-hybridized carbons (Fsp3) is 0.429. The first kappa shape index (κ1) is 29.5. The summed E-state index contributed by atoms with van der Waals surface area (Å²) in [4.78, 5) is 11.9. The number of hydrogen-bond donors (Lipinski definition) is 0. The second kappa shape index (κ2) is 16.7. The van der Waals surface area contributed by atoms with Crippen molar-refractivity contribution in [1.29, 1.82) is 0 Å². The minimum atomic E-state index is 0.456. The van der Waals surface area contributed by atoms with E-state index >= 15 is 0 Å². The van der Waals surface area contributed by atoms with E-state index in [0.717, 1.165) is 49.2 Å². The third-order valence-electron chi connectivity index (χ3n) is 7.03. The van der Waals surface area contributed by atoms with Gasteiger partial charge >= 0.3 is 0 Å². The largest absolute Gasteiger partial charge is 0.306 e. The monoisotopic (exact) mass is 509 g/mol. The Morgan fingerprint density at radius 2 is 1.66 bits per heavy atom. The van der Waals surface area contributed by atoms with Crippen LogP contribution in [-0.2, 0) is 12.8 Å². The Morgan fingerprint density at radius 1 is 0.895 bits per heavy atom. The Labute approximate surface area is 231 Å². The van der Waals surface area contributed by atoms with E-state index in [1.807, 2.05) is 12.4 Å². The molecule has 0 N–H and O–H groups in total. The SMILES string of the molecule is CCCCC(C=C(C)Cc1cncc(-c2ccc(CC/C=C/CCN(C)CCC)cc2)n1)c1ccccc1. The van der Waals surface area contributed by atoms with Crippen molar-refractivity contribution in [2.75, 3.05) is 20.1 Å². The van der Waals surface area contributed by atoms with Crippen molar-refractivity contribution < 1.29 is 0 Å². The molecule has 0 spiro atoms. The van der Waals surface area contributed by atoms with Gasteiger partial charge in [-0.05, 0) is 63.7 Å². The summed E-state index contributed by atoms with van der Waals surface area (Å²) in [5.41, 5.74) is 7.21. The molecule has 1 heterocycles. The van der Waals surface area contributed by atoms with E-state index in [9.17, 15) is 0 Å². The normalized spacial score (nSPS) is 12.9. The molecular weight excluding hydrogens is 462 g/mol. The first-order valence-corrected chi connectivity index (χ1v) is 14.5. The van der Waals surface area contributed by atoms with E-state index in [0.29, 0.717) is 5.92 Å². The highest BCUT2D eigenvalue weighted by atomic mass is 15.1. The minimum Gasteiger partial charge on any atom is -0.306 e. The van der Waals surface area contributed by atoms with E-state index < -0.39 is 0 Å². The predicted molar refractivity (Wildman–Crippen MR) is 164 cm³/mol. The number of nitrogens with zero attached hydrogens (tertiary/aromatic N) is 3. The third kappa shape index (κ3) is 10.4. The minimum absolute atomic E-state index is 0.456. The van der Waals surface area contributed by atoms with Gasteiger partial charge in [0.2, 0.25) is 0 Å². The van der Waals surface area contributed by atoms with Gasteiger partial charge in [-0.15, -0.1) is 0 Å². The average Bonchev–Trinajstić information content (AvgIpc) is 2.94. The van der Waals surface area contributed by atoms with Crippen LogP contribution < -0.4 is 0 Å². The van der Waals surface area contributed by atoms with Gasteiger partial charge in [-0.2, -0.15) is 0 Å². The average molecular weight is 510 g/mol. The molecule has 3 rings (SSSR count). The standard InChI is InChI=1S/C35H47N3/c1-5-7-16-33(31-17-12-10-13-18-31)25-29(3)26-34-27-36-28-35(37-34)32-21-19-30(20-22-32)15-11-8-9-14-24-38(4)23-6-2/h8-10,12-13,17-22,25,27-28,33H,5-7,11,14-16,23-24,26H2,1-4H3/b9-8+,29-25?. The highest BCUT2D eigenvalue weighted by Gasteiger charge is 2.10. The molecule has 1 unspecified atom stereocenters. The molecule has 0 amide bonds. The van der Waals surface area contributed by atoms with E-state index in [4.69, 9.17) is 4.98 Å². The second-order valence-corrected chi connectivity index (χ2v) is 10.5. The van der Waals surface area contributed by atoms with Crippen molar-refractivity contribution in [2.24, 2.45) is 0 Å². The van der Waals surface area contributed by atoms with E-state index in [2.05, 4.69) is 111 Å². The van der Waals surface area contributed by atoms with Gasteiger partial charge in [-0.3, -0.25) is 4.98 Å². The lowest BCUT2D eigenvalue weighted by Gasteiger charge is -2.15. The van der Waals surface area contributed by atoms with Crippen molar-refractivity contribution >= 4 is 0 Å². The lowest BCUT2D eigenvalue weighted by molar-refractivity contribution is 0.341. The van der Waals surface area contributed by atoms with E-state index in [1.165, 1.54) is 48.9 Å². The summed E-state index contributed by atoms with van der Waals surface area (Å²) in [5.74, 6) is 0.456. The highest BCUT2D eigenvalue weighted by Crippen LogP contribution is 2.26. The molecule has 2 aromatic carbocycles. The van der Waals surface area contributed by atoms with Crippen LogP contribution in [0.25, 0.3) is 11.3 Å². The van der Waals surface area contributed by atoms with Gasteiger partial charge in [0.15, 0.2) is 0 Å². The van der Waals surface area contributed by atoms with Crippen LogP contribution in [0.2, 0.25) is 0 Å². The maximum Gasteiger partial charge on any atom is 0.0888 e. The second-order valence-electron chi connectivity index (χ2n) is 10.5. The van der Waals surface area contributed by atoms with Crippen molar-refractivity contribution in [3.05, 3.63) is 108 Å². The Morgan fingerprint density at radius 3 is 2.39 bits per heavy atom. The lowest BCUT2D eigenvalue weighted by atomic mass is 9.91. The third-order valence-corrected chi connectivity index (χ3v) is 7.03. The first-order valence-electron chi connectivity index (χ1n) is 14.5. The number of unbranched alkanes of at least 4 members (excludes halogenated alkanes) is 1. The van der Waals surface area contributed by atoms with Gasteiger partial charge in [0.25, 0.3) is 0 Å². The van der Waals surface area contributed by atoms with Crippen molar-refractivity contribution in [3.63, 3.8) is 0 Å². The summed E-state index contributed by atoms with van der Waals surface area (Å²) in [6.45, 7) is 9.04. The molecule has 3 nitrogen and oxygen atoms in total. The fourth-order valence-electron chi connectivity index (χ4n) is 4.91. The van der Waals surface area contributed by atoms with Gasteiger partial charge in [0.1, 0.15) is 0 Å². The fourth-order valence-corrected chi connectivity index (χ4v) is 4.91.